The first-order chi connectivity index (χ1) is 10.3. The maximum absolute atomic E-state index is 11.8. The van der Waals surface area contributed by atoms with E-state index in [2.05, 4.69) is 34.3 Å². The summed E-state index contributed by atoms with van der Waals surface area (Å²) in [6.45, 7) is 3.72. The van der Waals surface area contributed by atoms with Gasteiger partial charge in [-0.25, -0.2) is 9.56 Å². The Kier molecular flexibility index (Phi) is 3.81. The molecule has 2 aromatic rings. The summed E-state index contributed by atoms with van der Waals surface area (Å²) in [5.74, 6) is 1.61. The lowest BCUT2D eigenvalue weighted by Gasteiger charge is -2.05. The number of H-pyrrole nitrogens is 1. The second-order valence-corrected chi connectivity index (χ2v) is 5.10. The fourth-order valence-corrected chi connectivity index (χ4v) is 2.56. The van der Waals surface area contributed by atoms with E-state index in [0.717, 1.165) is 43.0 Å². The molecule has 21 heavy (non-hydrogen) atoms. The van der Waals surface area contributed by atoms with Crippen LogP contribution in [0.3, 0.4) is 0 Å². The van der Waals surface area contributed by atoms with Crippen molar-refractivity contribution >= 4 is 11.8 Å². The largest absolute Gasteiger partial charge is 0.355 e. The van der Waals surface area contributed by atoms with Crippen molar-refractivity contribution in [1.82, 2.24) is 15.3 Å². The number of aryl methyl sites for hydroxylation is 1. The van der Waals surface area contributed by atoms with E-state index < -0.39 is 0 Å². The van der Waals surface area contributed by atoms with Gasteiger partial charge in [0.1, 0.15) is 5.69 Å². The first-order valence-corrected chi connectivity index (χ1v) is 7.32. The minimum absolute atomic E-state index is 0.0947. The van der Waals surface area contributed by atoms with Gasteiger partial charge in [0.2, 0.25) is 5.84 Å². The fourth-order valence-electron chi connectivity index (χ4n) is 2.56. The molecule has 1 aromatic heterocycles. The van der Waals surface area contributed by atoms with E-state index in [4.69, 9.17) is 0 Å². The van der Waals surface area contributed by atoms with Crippen molar-refractivity contribution in [3.63, 3.8) is 0 Å². The van der Waals surface area contributed by atoms with E-state index in [9.17, 15) is 4.79 Å². The molecular formula is C16H19N4O+. The van der Waals surface area contributed by atoms with E-state index in [-0.39, 0.29) is 5.56 Å². The van der Waals surface area contributed by atoms with Gasteiger partial charge in [0.05, 0.1) is 13.1 Å². The molecule has 1 aromatic carbocycles. The van der Waals surface area contributed by atoms with Crippen LogP contribution in [0.15, 0.2) is 41.2 Å². The molecule has 0 spiro atoms. The monoisotopic (exact) mass is 283 g/mol. The summed E-state index contributed by atoms with van der Waals surface area (Å²) in [5.41, 5.74) is 1.84. The Hall–Kier alpha value is -2.43. The predicted molar refractivity (Wildman–Crippen MR) is 82.2 cm³/mol. The number of benzene rings is 1. The third-order valence-corrected chi connectivity index (χ3v) is 3.49. The quantitative estimate of drug-likeness (QED) is 0.834. The van der Waals surface area contributed by atoms with Crippen molar-refractivity contribution in [3.05, 3.63) is 58.0 Å². The Morgan fingerprint density at radius 2 is 2.10 bits per heavy atom. The van der Waals surface area contributed by atoms with Crippen molar-refractivity contribution in [2.75, 3.05) is 13.1 Å². The number of aromatic nitrogens is 2. The van der Waals surface area contributed by atoms with Gasteiger partial charge in [-0.3, -0.25) is 4.79 Å². The third-order valence-electron chi connectivity index (χ3n) is 3.49. The summed E-state index contributed by atoms with van der Waals surface area (Å²) < 4.78 is 2.04. The van der Waals surface area contributed by atoms with Crippen LogP contribution in [0.2, 0.25) is 0 Å². The average molecular weight is 283 g/mol. The number of rotatable bonds is 4. The van der Waals surface area contributed by atoms with Gasteiger partial charge in [-0.1, -0.05) is 25.1 Å². The van der Waals surface area contributed by atoms with Crippen molar-refractivity contribution < 1.29 is 4.58 Å². The zero-order valence-corrected chi connectivity index (χ0v) is 12.1. The molecule has 108 valence electrons. The van der Waals surface area contributed by atoms with E-state index >= 15 is 0 Å². The smallest absolute Gasteiger partial charge is 0.318 e. The first kappa shape index (κ1) is 13.5. The molecule has 0 amide bonds. The molecule has 2 heterocycles. The van der Waals surface area contributed by atoms with E-state index in [1.54, 1.807) is 6.07 Å². The van der Waals surface area contributed by atoms with Gasteiger partial charge in [0, 0.05) is 18.1 Å². The fraction of sp³-hybridized carbons (Fsp3) is 0.312. The van der Waals surface area contributed by atoms with Crippen LogP contribution in [0.1, 0.15) is 24.6 Å². The summed E-state index contributed by atoms with van der Waals surface area (Å²) in [5, 5.41) is 3.37. The molecule has 1 aliphatic heterocycles. The lowest BCUT2D eigenvalue weighted by Crippen LogP contribution is -2.24. The molecular weight excluding hydrogens is 264 g/mol. The predicted octanol–water partition coefficient (Wildman–Crippen LogP) is 1.42. The lowest BCUT2D eigenvalue weighted by molar-refractivity contribution is -0.437. The van der Waals surface area contributed by atoms with Gasteiger partial charge in [-0.15, -0.1) is 4.98 Å². The van der Waals surface area contributed by atoms with Gasteiger partial charge >= 0.3 is 5.95 Å². The van der Waals surface area contributed by atoms with Gasteiger partial charge in [-0.2, -0.15) is 0 Å². The maximum Gasteiger partial charge on any atom is 0.355 e. The summed E-state index contributed by atoms with van der Waals surface area (Å²) in [4.78, 5) is 19.3. The van der Waals surface area contributed by atoms with Crippen LogP contribution in [0.4, 0.5) is 5.95 Å². The van der Waals surface area contributed by atoms with Crippen molar-refractivity contribution in [1.29, 1.82) is 0 Å². The highest BCUT2D eigenvalue weighted by molar-refractivity contribution is 5.96. The molecule has 1 aliphatic rings. The molecule has 0 saturated heterocycles. The highest BCUT2D eigenvalue weighted by Crippen LogP contribution is 2.10. The van der Waals surface area contributed by atoms with Crippen molar-refractivity contribution in [2.24, 2.45) is 0 Å². The van der Waals surface area contributed by atoms with Gasteiger partial charge < -0.3 is 5.32 Å². The number of hydrogen-bond donors (Lipinski definition) is 2. The second kappa shape index (κ2) is 5.91. The molecule has 3 rings (SSSR count). The molecule has 0 unspecified atom stereocenters. The number of aromatic amines is 1. The van der Waals surface area contributed by atoms with Crippen molar-refractivity contribution in [3.8, 4) is 0 Å². The maximum atomic E-state index is 11.8. The molecule has 0 aliphatic carbocycles. The van der Waals surface area contributed by atoms with E-state index in [0.29, 0.717) is 5.95 Å². The van der Waals surface area contributed by atoms with Crippen LogP contribution in [-0.4, -0.2) is 33.5 Å². The summed E-state index contributed by atoms with van der Waals surface area (Å²) >= 11 is 0. The minimum Gasteiger partial charge on any atom is -0.318 e. The molecule has 0 saturated carbocycles. The Bertz CT molecular complexity index is 719. The van der Waals surface area contributed by atoms with Crippen LogP contribution in [-0.2, 0) is 6.42 Å². The summed E-state index contributed by atoms with van der Waals surface area (Å²) in [7, 11) is 0. The van der Waals surface area contributed by atoms with Gasteiger partial charge in [0.25, 0.3) is 5.56 Å². The van der Waals surface area contributed by atoms with Crippen LogP contribution >= 0.6 is 0 Å². The molecule has 0 bridgehead atoms. The molecule has 5 heteroatoms. The van der Waals surface area contributed by atoms with Gasteiger partial charge in [0.15, 0.2) is 0 Å². The summed E-state index contributed by atoms with van der Waals surface area (Å²) in [6, 6.07) is 11.7. The second-order valence-electron chi connectivity index (χ2n) is 5.10. The normalized spacial score (nSPS) is 14.3. The Morgan fingerprint density at radius 3 is 2.86 bits per heavy atom. The van der Waals surface area contributed by atoms with Crippen LogP contribution in [0.5, 0.6) is 0 Å². The molecule has 5 nitrogen and oxygen atoms in total. The lowest BCUT2D eigenvalue weighted by atomic mass is 10.2. The van der Waals surface area contributed by atoms with Crippen LogP contribution in [0, 0.1) is 0 Å². The standard InChI is InChI=1S/C16H18N4O/c1-2-6-13-11-14(21)19-16(18-13)20-10-9-17-15(20)12-7-4-3-5-8-12/h3-5,7-8,11H,2,6,9-10H2,1H3,(H,18,19,21)/p+1. The van der Waals surface area contributed by atoms with E-state index in [1.165, 1.54) is 0 Å². The topological polar surface area (TPSA) is 60.8 Å². The van der Waals surface area contributed by atoms with Crippen LogP contribution < -0.4 is 10.9 Å². The van der Waals surface area contributed by atoms with Crippen LogP contribution in [0.25, 0.3) is 0 Å². The zero-order chi connectivity index (χ0) is 14.7. The SMILES string of the molecule is CCCc1cc(=O)[nH]c([N+]2=C(c3ccccc3)NCC2)n1. The molecule has 2 N–H and O–H groups in total. The Labute approximate surface area is 123 Å². The third kappa shape index (κ3) is 2.86. The number of nitrogens with one attached hydrogen (secondary N) is 2. The highest BCUT2D eigenvalue weighted by atomic mass is 16.1. The highest BCUT2D eigenvalue weighted by Gasteiger charge is 2.23. The number of amidine groups is 1. The van der Waals surface area contributed by atoms with Crippen molar-refractivity contribution in [2.45, 2.75) is 19.8 Å². The molecule has 0 radical (unpaired) electrons. The minimum atomic E-state index is -0.0947. The first-order valence-electron chi connectivity index (χ1n) is 7.32. The van der Waals surface area contributed by atoms with E-state index in [1.807, 2.05) is 22.8 Å². The number of nitrogens with zero attached hydrogens (tertiary/aromatic N) is 2. The van der Waals surface area contributed by atoms with Gasteiger partial charge in [-0.05, 0) is 18.6 Å². The average Bonchev–Trinajstić information content (AvgIpc) is 2.97. The zero-order valence-electron chi connectivity index (χ0n) is 12.1. The Morgan fingerprint density at radius 1 is 1.29 bits per heavy atom. The molecule has 0 fully saturated rings. The Balaban J connectivity index is 2.08. The number of hydrogen-bond acceptors (Lipinski definition) is 3. The molecule has 0 atom stereocenters. The summed E-state index contributed by atoms with van der Waals surface area (Å²) in [6.07, 6.45) is 1.79.